The molecule has 1 aliphatic heterocycles. The van der Waals surface area contributed by atoms with Crippen molar-refractivity contribution in [2.45, 2.75) is 25.3 Å². The number of amides is 4. The number of nitrogens with zero attached hydrogens (tertiary/aromatic N) is 1. The zero-order chi connectivity index (χ0) is 21.5. The molecule has 1 atom stereocenters. The summed E-state index contributed by atoms with van der Waals surface area (Å²) in [5, 5.41) is 6.11. The summed E-state index contributed by atoms with van der Waals surface area (Å²) >= 11 is 5.92. The highest BCUT2D eigenvalue weighted by molar-refractivity contribution is 6.30. The quantitative estimate of drug-likeness (QED) is 0.657. The summed E-state index contributed by atoms with van der Waals surface area (Å²) in [4.78, 5) is 38.4. The minimum Gasteiger partial charge on any atom is -0.352 e. The Hall–Kier alpha value is -3.06. The Kier molecular flexibility index (Phi) is 7.30. The molecule has 7 nitrogen and oxygen atoms in total. The number of urea groups is 1. The van der Waals surface area contributed by atoms with E-state index in [-0.39, 0.29) is 24.2 Å². The Morgan fingerprint density at radius 2 is 1.67 bits per heavy atom. The van der Waals surface area contributed by atoms with Crippen molar-refractivity contribution in [2.75, 3.05) is 18.4 Å². The first kappa shape index (κ1) is 21.6. The molecule has 1 fully saturated rings. The molecule has 8 heteroatoms. The Bertz CT molecular complexity index is 881. The third kappa shape index (κ3) is 5.97. The second kappa shape index (κ2) is 10.1. The predicted octanol–water partition coefficient (Wildman–Crippen LogP) is 3.32. The van der Waals surface area contributed by atoms with Gasteiger partial charge in [-0.1, -0.05) is 41.9 Å². The molecule has 0 aliphatic carbocycles. The smallest absolute Gasteiger partial charge is 0.312 e. The van der Waals surface area contributed by atoms with Crippen LogP contribution in [-0.2, 0) is 9.59 Å². The minimum atomic E-state index is -0.695. The molecule has 0 bridgehead atoms. The van der Waals surface area contributed by atoms with E-state index in [2.05, 4.69) is 10.6 Å². The number of carbonyl (C=O) groups excluding carboxylic acids is 3. The molecule has 3 rings (SSSR count). The molecule has 0 spiro atoms. The highest BCUT2D eigenvalue weighted by Crippen LogP contribution is 2.24. The van der Waals surface area contributed by atoms with Crippen LogP contribution in [0.4, 0.5) is 10.5 Å². The van der Waals surface area contributed by atoms with Crippen molar-refractivity contribution in [3.63, 3.8) is 0 Å². The van der Waals surface area contributed by atoms with Crippen LogP contribution in [0.5, 0.6) is 0 Å². The van der Waals surface area contributed by atoms with Crippen LogP contribution < -0.4 is 16.4 Å². The van der Waals surface area contributed by atoms with Gasteiger partial charge in [-0.25, -0.2) is 4.79 Å². The van der Waals surface area contributed by atoms with Gasteiger partial charge in [0.1, 0.15) is 0 Å². The lowest BCUT2D eigenvalue weighted by Crippen LogP contribution is -2.43. The first-order chi connectivity index (χ1) is 14.4. The molecule has 2 aromatic carbocycles. The van der Waals surface area contributed by atoms with Crippen LogP contribution >= 0.6 is 11.6 Å². The number of anilines is 1. The van der Waals surface area contributed by atoms with Crippen molar-refractivity contribution in [3.05, 3.63) is 65.2 Å². The van der Waals surface area contributed by atoms with Crippen molar-refractivity contribution in [3.8, 4) is 0 Å². The van der Waals surface area contributed by atoms with E-state index in [0.717, 1.165) is 11.3 Å². The predicted molar refractivity (Wildman–Crippen MR) is 116 cm³/mol. The number of primary amides is 1. The van der Waals surface area contributed by atoms with E-state index in [1.54, 1.807) is 29.2 Å². The molecule has 1 saturated heterocycles. The summed E-state index contributed by atoms with van der Waals surface area (Å²) in [5.74, 6) is -0.251. The molecule has 2 aromatic rings. The lowest BCUT2D eigenvalue weighted by molar-refractivity contribution is -0.135. The number of halogens is 1. The van der Waals surface area contributed by atoms with Gasteiger partial charge in [0.2, 0.25) is 11.8 Å². The molecule has 30 heavy (non-hydrogen) atoms. The zero-order valence-electron chi connectivity index (χ0n) is 16.5. The average Bonchev–Trinajstić information content (AvgIpc) is 2.74. The van der Waals surface area contributed by atoms with Gasteiger partial charge in [0.15, 0.2) is 0 Å². The molecule has 0 radical (unpaired) electrons. The standard InChI is InChI=1S/C22H25ClN4O3/c23-17-8-6-15(7-9-17)19(26-22(24)30)14-20(28)27-12-10-16(11-13-27)21(29)25-18-4-2-1-3-5-18/h1-9,16,19H,10-14H2,(H,25,29)(H3,24,26,30). The van der Waals surface area contributed by atoms with Gasteiger partial charge in [-0.15, -0.1) is 0 Å². The van der Waals surface area contributed by atoms with E-state index in [9.17, 15) is 14.4 Å². The fraction of sp³-hybridized carbons (Fsp3) is 0.318. The number of nitrogens with two attached hydrogens (primary N) is 1. The van der Waals surface area contributed by atoms with Gasteiger partial charge in [0, 0.05) is 29.7 Å². The van der Waals surface area contributed by atoms with E-state index >= 15 is 0 Å². The summed E-state index contributed by atoms with van der Waals surface area (Å²) < 4.78 is 0. The summed E-state index contributed by atoms with van der Waals surface area (Å²) in [5.41, 5.74) is 6.81. The SMILES string of the molecule is NC(=O)NC(CC(=O)N1CCC(C(=O)Nc2ccccc2)CC1)c1ccc(Cl)cc1. The fourth-order valence-electron chi connectivity index (χ4n) is 3.58. The topological polar surface area (TPSA) is 105 Å². The van der Waals surface area contributed by atoms with E-state index < -0.39 is 12.1 Å². The molecule has 1 heterocycles. The zero-order valence-corrected chi connectivity index (χ0v) is 17.3. The van der Waals surface area contributed by atoms with Crippen LogP contribution in [-0.4, -0.2) is 35.8 Å². The van der Waals surface area contributed by atoms with E-state index in [1.807, 2.05) is 30.3 Å². The van der Waals surface area contributed by atoms with E-state index in [1.165, 1.54) is 0 Å². The highest BCUT2D eigenvalue weighted by atomic mass is 35.5. The summed E-state index contributed by atoms with van der Waals surface area (Å²) in [6, 6.07) is 15.0. The van der Waals surface area contributed by atoms with Crippen LogP contribution in [0.2, 0.25) is 5.02 Å². The molecule has 4 N–H and O–H groups in total. The molecule has 0 aromatic heterocycles. The van der Waals surface area contributed by atoms with E-state index in [4.69, 9.17) is 17.3 Å². The number of benzene rings is 2. The van der Waals surface area contributed by atoms with Crippen molar-refractivity contribution < 1.29 is 14.4 Å². The average molecular weight is 429 g/mol. The lowest BCUT2D eigenvalue weighted by Gasteiger charge is -2.32. The van der Waals surface area contributed by atoms with Crippen LogP contribution in [0.25, 0.3) is 0 Å². The molecule has 0 saturated carbocycles. The van der Waals surface area contributed by atoms with Gasteiger partial charge in [-0.05, 0) is 42.7 Å². The van der Waals surface area contributed by atoms with Crippen LogP contribution in [0, 0.1) is 5.92 Å². The molecule has 1 aliphatic rings. The van der Waals surface area contributed by atoms with Gasteiger partial charge in [-0.3, -0.25) is 9.59 Å². The first-order valence-electron chi connectivity index (χ1n) is 9.87. The van der Waals surface area contributed by atoms with Crippen LogP contribution in [0.3, 0.4) is 0 Å². The summed E-state index contributed by atoms with van der Waals surface area (Å²) in [7, 11) is 0. The second-order valence-corrected chi connectivity index (χ2v) is 7.76. The maximum Gasteiger partial charge on any atom is 0.312 e. The lowest BCUT2D eigenvalue weighted by atomic mass is 9.95. The van der Waals surface area contributed by atoms with Crippen molar-refractivity contribution in [1.82, 2.24) is 10.2 Å². The highest BCUT2D eigenvalue weighted by Gasteiger charge is 2.29. The number of hydrogen-bond acceptors (Lipinski definition) is 3. The molecular formula is C22H25ClN4O3. The number of piperidine rings is 1. The van der Waals surface area contributed by atoms with Crippen LogP contribution in [0.15, 0.2) is 54.6 Å². The van der Waals surface area contributed by atoms with Gasteiger partial charge >= 0.3 is 6.03 Å². The number of hydrogen-bond donors (Lipinski definition) is 3. The van der Waals surface area contributed by atoms with Gasteiger partial charge in [-0.2, -0.15) is 0 Å². The first-order valence-corrected chi connectivity index (χ1v) is 10.3. The van der Waals surface area contributed by atoms with Crippen molar-refractivity contribution in [1.29, 1.82) is 0 Å². The Balaban J connectivity index is 1.55. The van der Waals surface area contributed by atoms with Crippen molar-refractivity contribution in [2.24, 2.45) is 11.7 Å². The number of likely N-dealkylation sites (tertiary alicyclic amines) is 1. The monoisotopic (exact) mass is 428 g/mol. The number of rotatable bonds is 6. The third-order valence-corrected chi connectivity index (χ3v) is 5.48. The van der Waals surface area contributed by atoms with Crippen LogP contribution in [0.1, 0.15) is 30.9 Å². The number of para-hydroxylation sites is 1. The Morgan fingerprint density at radius 3 is 2.27 bits per heavy atom. The van der Waals surface area contributed by atoms with Gasteiger partial charge in [0.05, 0.1) is 12.5 Å². The number of carbonyl (C=O) groups is 3. The normalized spacial score (nSPS) is 15.3. The van der Waals surface area contributed by atoms with Gasteiger partial charge < -0.3 is 21.3 Å². The minimum absolute atomic E-state index is 0.0252. The molecule has 1 unspecified atom stereocenters. The largest absolute Gasteiger partial charge is 0.352 e. The second-order valence-electron chi connectivity index (χ2n) is 7.33. The maximum absolute atomic E-state index is 12.8. The Morgan fingerprint density at radius 1 is 1.03 bits per heavy atom. The van der Waals surface area contributed by atoms with E-state index in [0.29, 0.717) is 31.0 Å². The molecule has 4 amide bonds. The Labute approximate surface area is 180 Å². The van der Waals surface area contributed by atoms with Gasteiger partial charge in [0.25, 0.3) is 0 Å². The number of nitrogens with one attached hydrogen (secondary N) is 2. The molecule has 158 valence electrons. The maximum atomic E-state index is 12.8. The molecular weight excluding hydrogens is 404 g/mol. The fourth-order valence-corrected chi connectivity index (χ4v) is 3.71. The summed E-state index contributed by atoms with van der Waals surface area (Å²) in [6.07, 6.45) is 1.28. The third-order valence-electron chi connectivity index (χ3n) is 5.23. The van der Waals surface area contributed by atoms with Crippen molar-refractivity contribution >= 4 is 35.1 Å². The summed E-state index contributed by atoms with van der Waals surface area (Å²) in [6.45, 7) is 0.991.